The largest absolute Gasteiger partial charge is 0.365 e. The van der Waals surface area contributed by atoms with E-state index in [2.05, 4.69) is 6.92 Å². The molecule has 1 aliphatic rings. The van der Waals surface area contributed by atoms with Crippen LogP contribution < -0.4 is 15.8 Å². The quantitative estimate of drug-likeness (QED) is 0.857. The van der Waals surface area contributed by atoms with Gasteiger partial charge in [-0.25, -0.2) is 17.9 Å². The second kappa shape index (κ2) is 4.73. The van der Waals surface area contributed by atoms with Crippen molar-refractivity contribution >= 4 is 15.7 Å². The zero-order chi connectivity index (χ0) is 14.3. The first kappa shape index (κ1) is 14.2. The Kier molecular flexibility index (Phi) is 3.55. The van der Waals surface area contributed by atoms with E-state index in [9.17, 15) is 12.8 Å². The molecule has 19 heavy (non-hydrogen) atoms. The van der Waals surface area contributed by atoms with Gasteiger partial charge in [-0.05, 0) is 24.6 Å². The topological polar surface area (TPSA) is 89.4 Å². The Morgan fingerprint density at radius 3 is 2.53 bits per heavy atom. The molecular formula is C12H18FN3O2S. The van der Waals surface area contributed by atoms with Crippen LogP contribution in [-0.4, -0.2) is 27.0 Å². The number of nitrogens with zero attached hydrogens (tertiary/aromatic N) is 1. The van der Waals surface area contributed by atoms with Gasteiger partial charge in [-0.3, -0.25) is 0 Å². The molecule has 0 unspecified atom stereocenters. The molecule has 1 aliphatic heterocycles. The molecule has 0 radical (unpaired) electrons. The summed E-state index contributed by atoms with van der Waals surface area (Å²) >= 11 is 0. The van der Waals surface area contributed by atoms with Crippen molar-refractivity contribution in [3.8, 4) is 0 Å². The second-order valence-electron chi connectivity index (χ2n) is 5.13. The van der Waals surface area contributed by atoms with Gasteiger partial charge in [0.2, 0.25) is 10.0 Å². The fraction of sp³-hybridized carbons (Fsp3) is 0.500. The van der Waals surface area contributed by atoms with Crippen molar-refractivity contribution in [2.75, 3.05) is 18.0 Å². The van der Waals surface area contributed by atoms with Crippen LogP contribution in [0, 0.1) is 5.82 Å². The van der Waals surface area contributed by atoms with E-state index in [0.717, 1.165) is 18.9 Å². The van der Waals surface area contributed by atoms with E-state index in [4.69, 9.17) is 10.9 Å². The predicted molar refractivity (Wildman–Crippen MR) is 71.8 cm³/mol. The van der Waals surface area contributed by atoms with Crippen LogP contribution in [0.2, 0.25) is 0 Å². The van der Waals surface area contributed by atoms with Gasteiger partial charge < -0.3 is 10.6 Å². The van der Waals surface area contributed by atoms with Gasteiger partial charge in [0.15, 0.2) is 0 Å². The summed E-state index contributed by atoms with van der Waals surface area (Å²) in [5.74, 6) is -0.593. The molecule has 1 aromatic rings. The number of hydrogen-bond donors (Lipinski definition) is 2. The summed E-state index contributed by atoms with van der Waals surface area (Å²) in [4.78, 5) is 1.58. The van der Waals surface area contributed by atoms with Crippen molar-refractivity contribution in [3.63, 3.8) is 0 Å². The Bertz CT molecular complexity index is 583. The van der Waals surface area contributed by atoms with Crippen LogP contribution in [0.5, 0.6) is 0 Å². The molecule has 4 N–H and O–H groups in total. The summed E-state index contributed by atoms with van der Waals surface area (Å²) in [6.07, 6.45) is 1.87. The van der Waals surface area contributed by atoms with Crippen LogP contribution in [0.25, 0.3) is 0 Å². The maximum atomic E-state index is 13.9. The number of benzene rings is 1. The Balaban J connectivity index is 2.16. The van der Waals surface area contributed by atoms with Gasteiger partial charge in [0.05, 0.1) is 16.1 Å². The standard InChI is InChI=1S/C12H18FN3O2S/c1-2-5-12(14)7-16(8-12)11-4-3-9(6-10(11)13)19(15,17)18/h3-4,6H,2,5,7-8,14H2,1H3,(H2,15,17,18). The van der Waals surface area contributed by atoms with Gasteiger partial charge in [-0.1, -0.05) is 13.3 Å². The normalized spacial score (nSPS) is 18.2. The van der Waals surface area contributed by atoms with Crippen molar-refractivity contribution in [2.45, 2.75) is 30.2 Å². The van der Waals surface area contributed by atoms with E-state index in [1.54, 1.807) is 4.90 Å². The fourth-order valence-corrected chi connectivity index (χ4v) is 2.99. The Hall–Kier alpha value is -1.18. The lowest BCUT2D eigenvalue weighted by atomic mass is 9.86. The summed E-state index contributed by atoms with van der Waals surface area (Å²) in [7, 11) is -3.87. The van der Waals surface area contributed by atoms with E-state index >= 15 is 0 Å². The molecule has 0 aromatic heterocycles. The van der Waals surface area contributed by atoms with E-state index in [-0.39, 0.29) is 10.4 Å². The van der Waals surface area contributed by atoms with Crippen molar-refractivity contribution in [1.29, 1.82) is 0 Å². The summed E-state index contributed by atoms with van der Waals surface area (Å²) in [5.41, 5.74) is 6.21. The molecule has 1 fully saturated rings. The van der Waals surface area contributed by atoms with E-state index in [0.29, 0.717) is 18.8 Å². The maximum Gasteiger partial charge on any atom is 0.238 e. The van der Waals surface area contributed by atoms with E-state index in [1.165, 1.54) is 12.1 Å². The molecular weight excluding hydrogens is 269 g/mol. The number of nitrogens with two attached hydrogens (primary N) is 2. The third-order valence-corrected chi connectivity index (χ3v) is 4.26. The van der Waals surface area contributed by atoms with E-state index < -0.39 is 15.8 Å². The predicted octanol–water partition coefficient (Wildman–Crippen LogP) is 0.791. The smallest absolute Gasteiger partial charge is 0.238 e. The van der Waals surface area contributed by atoms with Gasteiger partial charge in [0.25, 0.3) is 0 Å². The van der Waals surface area contributed by atoms with Crippen LogP contribution in [0.4, 0.5) is 10.1 Å². The Morgan fingerprint density at radius 1 is 1.42 bits per heavy atom. The van der Waals surface area contributed by atoms with Gasteiger partial charge >= 0.3 is 0 Å². The number of rotatable bonds is 4. The zero-order valence-electron chi connectivity index (χ0n) is 10.8. The van der Waals surface area contributed by atoms with Crippen molar-refractivity contribution in [1.82, 2.24) is 0 Å². The minimum absolute atomic E-state index is 0.221. The van der Waals surface area contributed by atoms with Crippen LogP contribution in [0.15, 0.2) is 23.1 Å². The SMILES string of the molecule is CCCC1(N)CN(c2ccc(S(N)(=O)=O)cc2F)C1. The highest BCUT2D eigenvalue weighted by Crippen LogP contribution is 2.31. The lowest BCUT2D eigenvalue weighted by Crippen LogP contribution is -2.67. The third-order valence-electron chi connectivity index (χ3n) is 3.35. The molecule has 1 aromatic carbocycles. The van der Waals surface area contributed by atoms with Crippen molar-refractivity contribution in [3.05, 3.63) is 24.0 Å². The number of sulfonamides is 1. The maximum absolute atomic E-state index is 13.9. The lowest BCUT2D eigenvalue weighted by Gasteiger charge is -2.49. The lowest BCUT2D eigenvalue weighted by molar-refractivity contribution is 0.305. The molecule has 1 saturated heterocycles. The van der Waals surface area contributed by atoms with Crippen LogP contribution in [0.1, 0.15) is 19.8 Å². The van der Waals surface area contributed by atoms with Gasteiger partial charge in [-0.2, -0.15) is 0 Å². The molecule has 0 saturated carbocycles. The number of halogens is 1. The Morgan fingerprint density at radius 2 is 2.05 bits per heavy atom. The first-order chi connectivity index (χ1) is 8.75. The number of hydrogen-bond acceptors (Lipinski definition) is 4. The number of anilines is 1. The van der Waals surface area contributed by atoms with Crippen LogP contribution in [0.3, 0.4) is 0 Å². The average Bonchev–Trinajstić information content (AvgIpc) is 2.25. The molecule has 0 amide bonds. The molecule has 0 aliphatic carbocycles. The molecule has 2 rings (SSSR count). The minimum atomic E-state index is -3.87. The Labute approximate surface area is 112 Å². The minimum Gasteiger partial charge on any atom is -0.365 e. The molecule has 0 atom stereocenters. The van der Waals surface area contributed by atoms with Gasteiger partial charge in [0, 0.05) is 13.1 Å². The summed E-state index contributed by atoms with van der Waals surface area (Å²) in [5, 5.41) is 4.95. The third kappa shape index (κ3) is 2.88. The van der Waals surface area contributed by atoms with Crippen LogP contribution in [-0.2, 0) is 10.0 Å². The summed E-state index contributed by atoms with van der Waals surface area (Å²) in [6, 6.07) is 3.69. The highest BCUT2D eigenvalue weighted by Gasteiger charge is 2.39. The molecule has 106 valence electrons. The van der Waals surface area contributed by atoms with Gasteiger partial charge in [0.1, 0.15) is 5.82 Å². The van der Waals surface area contributed by atoms with E-state index in [1.807, 2.05) is 0 Å². The average molecular weight is 287 g/mol. The fourth-order valence-electron chi connectivity index (χ4n) is 2.46. The second-order valence-corrected chi connectivity index (χ2v) is 6.69. The van der Waals surface area contributed by atoms with Crippen molar-refractivity contribution in [2.24, 2.45) is 10.9 Å². The first-order valence-electron chi connectivity index (χ1n) is 6.11. The molecule has 0 spiro atoms. The molecule has 5 nitrogen and oxygen atoms in total. The highest BCUT2D eigenvalue weighted by atomic mass is 32.2. The zero-order valence-corrected chi connectivity index (χ0v) is 11.6. The van der Waals surface area contributed by atoms with Crippen molar-refractivity contribution < 1.29 is 12.8 Å². The summed E-state index contributed by atoms with van der Waals surface area (Å²) in [6.45, 7) is 3.21. The highest BCUT2D eigenvalue weighted by molar-refractivity contribution is 7.89. The van der Waals surface area contributed by atoms with Gasteiger partial charge in [-0.15, -0.1) is 0 Å². The molecule has 0 bridgehead atoms. The van der Waals surface area contributed by atoms with Crippen LogP contribution >= 0.6 is 0 Å². The summed E-state index contributed by atoms with van der Waals surface area (Å²) < 4.78 is 36.1. The number of primary sulfonamides is 1. The molecule has 7 heteroatoms. The monoisotopic (exact) mass is 287 g/mol. The first-order valence-corrected chi connectivity index (χ1v) is 7.66. The molecule has 1 heterocycles.